The van der Waals surface area contributed by atoms with Gasteiger partial charge in [-0.25, -0.2) is 8.42 Å². The van der Waals surface area contributed by atoms with Gasteiger partial charge in [-0.1, -0.05) is 26.7 Å². The zero-order valence-corrected chi connectivity index (χ0v) is 14.5. The van der Waals surface area contributed by atoms with Crippen LogP contribution in [0.5, 0.6) is 0 Å². The first-order chi connectivity index (χ1) is 9.84. The number of nitrogens with zero attached hydrogens (tertiary/aromatic N) is 1. The van der Waals surface area contributed by atoms with Crippen molar-refractivity contribution in [3.63, 3.8) is 0 Å². The summed E-state index contributed by atoms with van der Waals surface area (Å²) in [6, 6.07) is 3.47. The van der Waals surface area contributed by atoms with Crippen molar-refractivity contribution in [2.24, 2.45) is 0 Å². The Kier molecular flexibility index (Phi) is 6.68. The molecule has 0 spiro atoms. The number of nitrogen functional groups attached to an aromatic ring is 1. The summed E-state index contributed by atoms with van der Waals surface area (Å²) < 4.78 is 27.6. The third kappa shape index (κ3) is 4.45. The van der Waals surface area contributed by atoms with Crippen molar-refractivity contribution >= 4 is 15.7 Å². The Morgan fingerprint density at radius 3 is 1.81 bits per heavy atom. The van der Waals surface area contributed by atoms with Gasteiger partial charge in [0.15, 0.2) is 0 Å². The molecule has 0 unspecified atom stereocenters. The van der Waals surface area contributed by atoms with Crippen LogP contribution < -0.4 is 5.73 Å². The van der Waals surface area contributed by atoms with Gasteiger partial charge in [-0.05, 0) is 49.9 Å². The molecule has 0 atom stereocenters. The molecule has 4 nitrogen and oxygen atoms in total. The van der Waals surface area contributed by atoms with Crippen LogP contribution >= 0.6 is 0 Å². The fraction of sp³-hybridized carbons (Fsp3) is 0.625. The van der Waals surface area contributed by atoms with Gasteiger partial charge >= 0.3 is 0 Å². The second kappa shape index (κ2) is 7.80. The van der Waals surface area contributed by atoms with Gasteiger partial charge in [0.1, 0.15) is 0 Å². The Morgan fingerprint density at radius 2 is 1.43 bits per heavy atom. The minimum absolute atomic E-state index is 0.420. The zero-order chi connectivity index (χ0) is 16.0. The Morgan fingerprint density at radius 1 is 1.00 bits per heavy atom. The van der Waals surface area contributed by atoms with Crippen molar-refractivity contribution in [1.29, 1.82) is 0 Å². The van der Waals surface area contributed by atoms with Crippen LogP contribution in [0.4, 0.5) is 5.69 Å². The molecule has 0 heterocycles. The third-order valence-electron chi connectivity index (χ3n) is 3.60. The van der Waals surface area contributed by atoms with Crippen LogP contribution in [0.3, 0.4) is 0 Å². The van der Waals surface area contributed by atoms with E-state index in [-0.39, 0.29) is 0 Å². The van der Waals surface area contributed by atoms with E-state index in [0.717, 1.165) is 36.8 Å². The predicted molar refractivity (Wildman–Crippen MR) is 88.9 cm³/mol. The second-order valence-corrected chi connectivity index (χ2v) is 7.47. The van der Waals surface area contributed by atoms with Gasteiger partial charge in [0, 0.05) is 18.8 Å². The molecular weight excluding hydrogens is 284 g/mol. The maximum absolute atomic E-state index is 13.0. The molecular formula is C16H28N2O2S. The van der Waals surface area contributed by atoms with E-state index in [4.69, 9.17) is 5.73 Å². The van der Waals surface area contributed by atoms with Crippen molar-refractivity contribution < 1.29 is 8.42 Å². The number of nitrogens with two attached hydrogens (primary N) is 1. The number of benzene rings is 1. The molecule has 0 aliphatic rings. The van der Waals surface area contributed by atoms with Crippen molar-refractivity contribution in [2.45, 2.75) is 58.3 Å². The van der Waals surface area contributed by atoms with Crippen molar-refractivity contribution in [3.05, 3.63) is 23.3 Å². The van der Waals surface area contributed by atoms with Crippen molar-refractivity contribution in [1.82, 2.24) is 4.31 Å². The maximum Gasteiger partial charge on any atom is 0.243 e. The molecule has 2 N–H and O–H groups in total. The largest absolute Gasteiger partial charge is 0.399 e. The molecule has 5 heteroatoms. The first-order valence-corrected chi connectivity index (χ1v) is 9.15. The lowest BCUT2D eigenvalue weighted by Gasteiger charge is -2.24. The first-order valence-electron chi connectivity index (χ1n) is 7.71. The molecule has 0 radical (unpaired) electrons. The third-order valence-corrected chi connectivity index (χ3v) is 5.81. The summed E-state index contributed by atoms with van der Waals surface area (Å²) in [5.41, 5.74) is 7.86. The summed E-state index contributed by atoms with van der Waals surface area (Å²) in [6.07, 6.45) is 3.74. The van der Waals surface area contributed by atoms with Crippen molar-refractivity contribution in [3.8, 4) is 0 Å². The Hall–Kier alpha value is -1.07. The van der Waals surface area contributed by atoms with E-state index >= 15 is 0 Å². The molecule has 0 fully saturated rings. The number of rotatable bonds is 8. The molecule has 21 heavy (non-hydrogen) atoms. The average molecular weight is 312 g/mol. The quantitative estimate of drug-likeness (QED) is 0.747. The molecule has 0 saturated heterocycles. The van der Waals surface area contributed by atoms with Crippen LogP contribution in [0, 0.1) is 13.8 Å². The van der Waals surface area contributed by atoms with E-state index < -0.39 is 10.0 Å². The molecule has 0 bridgehead atoms. The normalized spacial score (nSPS) is 12.0. The van der Waals surface area contributed by atoms with Gasteiger partial charge in [0.25, 0.3) is 0 Å². The monoisotopic (exact) mass is 312 g/mol. The zero-order valence-electron chi connectivity index (χ0n) is 13.6. The highest BCUT2D eigenvalue weighted by atomic mass is 32.2. The summed E-state index contributed by atoms with van der Waals surface area (Å²) in [6.45, 7) is 8.95. The number of anilines is 1. The summed E-state index contributed by atoms with van der Waals surface area (Å²) in [4.78, 5) is 0.420. The van der Waals surface area contributed by atoms with Gasteiger partial charge in [0.05, 0.1) is 4.90 Å². The molecule has 1 aromatic rings. The smallest absolute Gasteiger partial charge is 0.243 e. The highest BCUT2D eigenvalue weighted by molar-refractivity contribution is 7.89. The van der Waals surface area contributed by atoms with Crippen LogP contribution in [0.15, 0.2) is 17.0 Å². The summed E-state index contributed by atoms with van der Waals surface area (Å²) >= 11 is 0. The predicted octanol–water partition coefficient (Wildman–Crippen LogP) is 3.48. The van der Waals surface area contributed by atoms with E-state index in [1.54, 1.807) is 16.4 Å². The lowest BCUT2D eigenvalue weighted by molar-refractivity contribution is 0.395. The minimum Gasteiger partial charge on any atom is -0.399 e. The molecule has 0 aliphatic carbocycles. The van der Waals surface area contributed by atoms with Crippen molar-refractivity contribution in [2.75, 3.05) is 18.8 Å². The first kappa shape index (κ1) is 18.0. The fourth-order valence-corrected chi connectivity index (χ4v) is 4.47. The average Bonchev–Trinajstić information content (AvgIpc) is 2.36. The van der Waals surface area contributed by atoms with Gasteiger partial charge < -0.3 is 5.73 Å². The van der Waals surface area contributed by atoms with Crippen LogP contribution in [0.2, 0.25) is 0 Å². The number of aryl methyl sites for hydroxylation is 2. The maximum atomic E-state index is 13.0. The number of hydrogen-bond acceptors (Lipinski definition) is 3. The van der Waals surface area contributed by atoms with Crippen LogP contribution in [0.1, 0.15) is 50.7 Å². The van der Waals surface area contributed by atoms with Gasteiger partial charge in [-0.2, -0.15) is 4.31 Å². The fourth-order valence-electron chi connectivity index (χ4n) is 2.54. The molecule has 1 rings (SSSR count). The molecule has 0 saturated carbocycles. The standard InChI is InChI=1S/C16H28N2O2S/c1-5-7-9-18(10-8-6-2)21(19,20)16-13(3)11-15(17)12-14(16)4/h11-12H,5-10,17H2,1-4H3. The van der Waals surface area contributed by atoms with Gasteiger partial charge in [0.2, 0.25) is 10.0 Å². The lowest BCUT2D eigenvalue weighted by atomic mass is 10.1. The van der Waals surface area contributed by atoms with Crippen LogP contribution in [0.25, 0.3) is 0 Å². The Bertz CT molecular complexity index is 537. The lowest BCUT2D eigenvalue weighted by Crippen LogP contribution is -2.34. The number of sulfonamides is 1. The molecule has 0 aromatic heterocycles. The number of unbranched alkanes of at least 4 members (excludes halogenated alkanes) is 2. The molecule has 0 aliphatic heterocycles. The summed E-state index contributed by atoms with van der Waals surface area (Å²) in [5.74, 6) is 0. The highest BCUT2D eigenvalue weighted by Crippen LogP contribution is 2.26. The molecule has 120 valence electrons. The summed E-state index contributed by atoms with van der Waals surface area (Å²) in [5, 5.41) is 0. The highest BCUT2D eigenvalue weighted by Gasteiger charge is 2.27. The molecule has 0 amide bonds. The van der Waals surface area contributed by atoms with E-state index in [9.17, 15) is 8.42 Å². The van der Waals surface area contributed by atoms with E-state index in [1.165, 1.54) is 0 Å². The van der Waals surface area contributed by atoms with E-state index in [2.05, 4.69) is 13.8 Å². The van der Waals surface area contributed by atoms with Gasteiger partial charge in [-0.15, -0.1) is 0 Å². The van der Waals surface area contributed by atoms with Crippen LogP contribution in [-0.2, 0) is 10.0 Å². The van der Waals surface area contributed by atoms with Crippen LogP contribution in [-0.4, -0.2) is 25.8 Å². The second-order valence-electron chi connectivity index (χ2n) is 5.60. The SMILES string of the molecule is CCCCN(CCCC)S(=O)(=O)c1c(C)cc(N)cc1C. The van der Waals surface area contributed by atoms with E-state index in [0.29, 0.717) is 23.7 Å². The van der Waals surface area contributed by atoms with Gasteiger partial charge in [-0.3, -0.25) is 0 Å². The topological polar surface area (TPSA) is 63.4 Å². The minimum atomic E-state index is -3.45. The van der Waals surface area contributed by atoms with E-state index in [1.807, 2.05) is 13.8 Å². The molecule has 1 aromatic carbocycles. The summed E-state index contributed by atoms with van der Waals surface area (Å²) in [7, 11) is -3.45. The number of hydrogen-bond donors (Lipinski definition) is 1. The Balaban J connectivity index is 3.21. The Labute approximate surface area is 129 Å².